The average Bonchev–Trinajstić information content (AvgIpc) is 3.44. The van der Waals surface area contributed by atoms with Gasteiger partial charge in [0, 0.05) is 32.2 Å². The highest BCUT2D eigenvalue weighted by atomic mass is 32.2. The fourth-order valence-electron chi connectivity index (χ4n) is 5.49. The molecule has 0 saturated carbocycles. The molecule has 12 nitrogen and oxygen atoms in total. The van der Waals surface area contributed by atoms with Gasteiger partial charge >= 0.3 is 10.2 Å². The lowest BCUT2D eigenvalue weighted by Crippen LogP contribution is -2.42. The molecule has 1 fully saturated rings. The van der Waals surface area contributed by atoms with Gasteiger partial charge in [-0.15, -0.1) is 5.10 Å². The molecule has 2 unspecified atom stereocenters. The fraction of sp³-hybridized carbons (Fsp3) is 0.500. The average molecular weight is 577 g/mol. The molecule has 0 spiro atoms. The molecule has 0 N–H and O–H groups in total. The van der Waals surface area contributed by atoms with Crippen LogP contribution in [-0.4, -0.2) is 84.3 Å². The van der Waals surface area contributed by atoms with Gasteiger partial charge in [0.15, 0.2) is 17.3 Å². The van der Waals surface area contributed by atoms with E-state index in [2.05, 4.69) is 11.7 Å². The first kappa shape index (κ1) is 27.9. The van der Waals surface area contributed by atoms with E-state index < -0.39 is 21.6 Å². The van der Waals surface area contributed by atoms with Gasteiger partial charge in [-0.3, -0.25) is 9.59 Å². The summed E-state index contributed by atoms with van der Waals surface area (Å²) in [6.07, 6.45) is 4.71. The van der Waals surface area contributed by atoms with E-state index in [1.807, 2.05) is 13.8 Å². The van der Waals surface area contributed by atoms with E-state index in [9.17, 15) is 22.4 Å². The lowest BCUT2D eigenvalue weighted by molar-refractivity contribution is 0.0685. The van der Waals surface area contributed by atoms with Crippen molar-refractivity contribution >= 4 is 32.8 Å². The number of halogens is 1. The van der Waals surface area contributed by atoms with Crippen LogP contribution in [0.5, 0.6) is 5.75 Å². The summed E-state index contributed by atoms with van der Waals surface area (Å²) in [6, 6.07) is -0.288. The first-order valence-electron chi connectivity index (χ1n) is 13.3. The lowest BCUT2D eigenvalue weighted by atomic mass is 10.2. The summed E-state index contributed by atoms with van der Waals surface area (Å²) in [5.74, 6) is -0.566. The molecule has 216 valence electrons. The number of allylic oxidation sites excluding steroid dienone is 5. The quantitative estimate of drug-likeness (QED) is 0.513. The molecule has 40 heavy (non-hydrogen) atoms. The summed E-state index contributed by atoms with van der Waals surface area (Å²) in [7, 11) is -2.59. The molecule has 5 heterocycles. The normalized spacial score (nSPS) is 24.2. The SMILES string of the molecule is C=CC(F)=CC=C1Cn2nc(c3c(c(OC)c4n3C(C)CN(CC)C4=O)c2=O)N2CCN(CCCCO1)S2(=O)=O. The highest BCUT2D eigenvalue weighted by Crippen LogP contribution is 2.42. The Bertz CT molecular complexity index is 1590. The molecule has 1 amide bonds. The standard InChI is InChI=1S/C26H33FN6O6S/c1-5-18(27)9-10-19-16-31-25(34)20-21(33-17(3)15-29(6-2)26(35)22(33)23(20)38-4)24(28-31)32-13-12-30(40(32,36)37)11-7-8-14-39-19/h5,9-10,17H,1,6-8,11-16H2,2-4H3. The Morgan fingerprint density at radius 3 is 2.73 bits per heavy atom. The molecule has 2 aromatic rings. The van der Waals surface area contributed by atoms with Gasteiger partial charge in [-0.2, -0.15) is 12.7 Å². The van der Waals surface area contributed by atoms with Gasteiger partial charge in [-0.05, 0) is 44.9 Å². The van der Waals surface area contributed by atoms with E-state index in [1.54, 1.807) is 9.47 Å². The number of nitrogens with zero attached hydrogens (tertiary/aromatic N) is 6. The highest BCUT2D eigenvalue weighted by Gasteiger charge is 2.43. The number of amides is 1. The molecule has 5 rings (SSSR count). The number of likely N-dealkylation sites (N-methyl/N-ethyl adjacent to an activating group) is 1. The Hall–Kier alpha value is -3.65. The van der Waals surface area contributed by atoms with E-state index in [4.69, 9.17) is 9.47 Å². The number of methoxy groups -OCH3 is 1. The van der Waals surface area contributed by atoms with Gasteiger partial charge in [-0.1, -0.05) is 6.58 Å². The third-order valence-corrected chi connectivity index (χ3v) is 9.38. The Kier molecular flexibility index (Phi) is 7.48. The zero-order valence-electron chi connectivity index (χ0n) is 22.8. The van der Waals surface area contributed by atoms with E-state index >= 15 is 0 Å². The maximum atomic E-state index is 14.0. The summed E-state index contributed by atoms with van der Waals surface area (Å²) < 4.78 is 58.2. The third-order valence-electron chi connectivity index (χ3n) is 7.45. The Balaban J connectivity index is 1.84. The number of hydrogen-bond acceptors (Lipinski definition) is 7. The number of hydrogen-bond donors (Lipinski definition) is 0. The van der Waals surface area contributed by atoms with Crippen molar-refractivity contribution in [1.82, 2.24) is 23.6 Å². The summed E-state index contributed by atoms with van der Waals surface area (Å²) in [5.41, 5.74) is -0.186. The maximum absolute atomic E-state index is 14.0. The first-order chi connectivity index (χ1) is 19.1. The molecule has 3 aliphatic rings. The van der Waals surface area contributed by atoms with Gasteiger partial charge in [0.1, 0.15) is 29.0 Å². The number of rotatable bonds is 4. The summed E-state index contributed by atoms with van der Waals surface area (Å²) in [5, 5.41) is 4.61. The van der Waals surface area contributed by atoms with Crippen LogP contribution in [0.15, 0.2) is 41.2 Å². The van der Waals surface area contributed by atoms with Crippen LogP contribution in [0.25, 0.3) is 10.9 Å². The van der Waals surface area contributed by atoms with Crippen molar-refractivity contribution in [2.75, 3.05) is 50.7 Å². The molecular formula is C26H33FN6O6S. The molecule has 0 aliphatic carbocycles. The van der Waals surface area contributed by atoms with Gasteiger partial charge in [0.2, 0.25) is 0 Å². The second-order valence-electron chi connectivity index (χ2n) is 9.88. The smallest absolute Gasteiger partial charge is 0.305 e. The van der Waals surface area contributed by atoms with Crippen molar-refractivity contribution in [3.05, 3.63) is 52.4 Å². The van der Waals surface area contributed by atoms with Crippen LogP contribution >= 0.6 is 0 Å². The van der Waals surface area contributed by atoms with Crippen LogP contribution in [-0.2, 0) is 21.5 Å². The van der Waals surface area contributed by atoms with Gasteiger partial charge in [0.25, 0.3) is 11.5 Å². The van der Waals surface area contributed by atoms with Gasteiger partial charge < -0.3 is 18.9 Å². The number of aromatic nitrogens is 3. The molecule has 2 atom stereocenters. The summed E-state index contributed by atoms with van der Waals surface area (Å²) >= 11 is 0. The van der Waals surface area contributed by atoms with Crippen molar-refractivity contribution in [3.8, 4) is 5.75 Å². The second kappa shape index (κ2) is 10.7. The van der Waals surface area contributed by atoms with Crippen LogP contribution in [0.4, 0.5) is 10.2 Å². The van der Waals surface area contributed by atoms with Gasteiger partial charge in [0.05, 0.1) is 20.3 Å². The number of anilines is 1. The van der Waals surface area contributed by atoms with E-state index in [-0.39, 0.29) is 78.7 Å². The molecule has 2 aromatic heterocycles. The van der Waals surface area contributed by atoms with Gasteiger partial charge in [-0.25, -0.2) is 13.4 Å². The number of fused-ring (bicyclic) bond motifs is 9. The monoisotopic (exact) mass is 576 g/mol. The minimum atomic E-state index is -3.97. The van der Waals surface area contributed by atoms with Crippen LogP contribution in [0.2, 0.25) is 0 Å². The van der Waals surface area contributed by atoms with E-state index in [0.717, 1.165) is 10.8 Å². The fourth-order valence-corrected chi connectivity index (χ4v) is 7.09. The minimum absolute atomic E-state index is 0.0256. The van der Waals surface area contributed by atoms with E-state index in [1.165, 1.54) is 27.9 Å². The van der Waals surface area contributed by atoms with E-state index in [0.29, 0.717) is 25.9 Å². The van der Waals surface area contributed by atoms with Crippen LogP contribution < -0.4 is 14.6 Å². The minimum Gasteiger partial charge on any atom is -0.496 e. The Morgan fingerprint density at radius 2 is 2.02 bits per heavy atom. The topological polar surface area (TPSA) is 119 Å². The lowest BCUT2D eigenvalue weighted by Gasteiger charge is -2.33. The Morgan fingerprint density at radius 1 is 1.25 bits per heavy atom. The Labute approximate surface area is 231 Å². The molecule has 14 heteroatoms. The third kappa shape index (κ3) is 4.48. The molecule has 4 bridgehead atoms. The van der Waals surface area contributed by atoms with Crippen LogP contribution in [0, 0.1) is 0 Å². The first-order valence-corrected chi connectivity index (χ1v) is 14.6. The van der Waals surface area contributed by atoms with Crippen molar-refractivity contribution < 1.29 is 27.1 Å². The van der Waals surface area contributed by atoms with Crippen molar-refractivity contribution in [1.29, 1.82) is 0 Å². The predicted molar refractivity (Wildman–Crippen MR) is 147 cm³/mol. The molecular weight excluding hydrogens is 543 g/mol. The summed E-state index contributed by atoms with van der Waals surface area (Å²) in [6.45, 7) is 8.69. The van der Waals surface area contributed by atoms with Crippen molar-refractivity contribution in [2.24, 2.45) is 0 Å². The number of carbonyl (C=O) groups is 1. The molecule has 0 radical (unpaired) electrons. The molecule has 0 aromatic carbocycles. The molecule has 3 aliphatic heterocycles. The number of ether oxygens (including phenoxy) is 2. The molecule has 1 saturated heterocycles. The highest BCUT2D eigenvalue weighted by molar-refractivity contribution is 7.90. The second-order valence-corrected chi connectivity index (χ2v) is 11.7. The van der Waals surface area contributed by atoms with Crippen LogP contribution in [0.1, 0.15) is 43.2 Å². The predicted octanol–water partition coefficient (Wildman–Crippen LogP) is 2.34. The zero-order chi connectivity index (χ0) is 28.8. The largest absolute Gasteiger partial charge is 0.496 e. The van der Waals surface area contributed by atoms with Crippen molar-refractivity contribution in [3.63, 3.8) is 0 Å². The zero-order valence-corrected chi connectivity index (χ0v) is 23.6. The number of carbonyl (C=O) groups excluding carboxylic acids is 1. The maximum Gasteiger partial charge on any atom is 0.305 e. The summed E-state index contributed by atoms with van der Waals surface area (Å²) in [4.78, 5) is 29.2. The van der Waals surface area contributed by atoms with Crippen molar-refractivity contribution in [2.45, 2.75) is 39.3 Å². The van der Waals surface area contributed by atoms with Crippen LogP contribution in [0.3, 0.4) is 0 Å².